The molecule has 0 saturated carbocycles. The van der Waals surface area contributed by atoms with E-state index in [2.05, 4.69) is 5.32 Å². The Morgan fingerprint density at radius 1 is 1.38 bits per heavy atom. The van der Waals surface area contributed by atoms with Crippen molar-refractivity contribution in [2.24, 2.45) is 0 Å². The lowest BCUT2D eigenvalue weighted by atomic mass is 9.92. The summed E-state index contributed by atoms with van der Waals surface area (Å²) in [5.74, 6) is -1.10. The fraction of sp³-hybridized carbons (Fsp3) is 0.375. The topological polar surface area (TPSA) is 137 Å². The number of likely N-dealkylation sites (N-methyl/N-ethyl adjacent to an activating group) is 1. The number of hydrogen-bond acceptors (Lipinski definition) is 6. The molecule has 1 heterocycles. The zero-order chi connectivity index (χ0) is 19.5. The zero-order valence-corrected chi connectivity index (χ0v) is 14.3. The molecule has 0 aliphatic carbocycles. The minimum atomic E-state index is -1.42. The Morgan fingerprint density at radius 3 is 2.54 bits per heavy atom. The number of hydrogen-bond donors (Lipinski definition) is 1. The maximum absolute atomic E-state index is 12.7. The van der Waals surface area contributed by atoms with E-state index in [0.29, 0.717) is 5.56 Å². The Labute approximate surface area is 149 Å². The number of urea groups is 1. The van der Waals surface area contributed by atoms with Crippen molar-refractivity contribution >= 4 is 23.5 Å². The van der Waals surface area contributed by atoms with Gasteiger partial charge in [0.1, 0.15) is 12.1 Å². The van der Waals surface area contributed by atoms with Gasteiger partial charge in [-0.3, -0.25) is 24.6 Å². The van der Waals surface area contributed by atoms with Crippen LogP contribution in [-0.2, 0) is 15.1 Å². The van der Waals surface area contributed by atoms with E-state index in [-0.39, 0.29) is 18.7 Å². The molecule has 2 rings (SSSR count). The molecule has 1 aromatic rings. The van der Waals surface area contributed by atoms with E-state index in [0.717, 1.165) is 4.90 Å². The Kier molecular flexibility index (Phi) is 5.21. The summed E-state index contributed by atoms with van der Waals surface area (Å²) < 4.78 is 0. The summed E-state index contributed by atoms with van der Waals surface area (Å²) >= 11 is 0. The van der Waals surface area contributed by atoms with Crippen molar-refractivity contribution in [2.75, 3.05) is 20.1 Å². The lowest BCUT2D eigenvalue weighted by Gasteiger charge is -2.23. The Morgan fingerprint density at radius 2 is 2.00 bits per heavy atom. The molecule has 1 saturated heterocycles. The molecular weight excluding hydrogens is 342 g/mol. The van der Waals surface area contributed by atoms with E-state index >= 15 is 0 Å². The van der Waals surface area contributed by atoms with Gasteiger partial charge in [0.05, 0.1) is 17.4 Å². The highest BCUT2D eigenvalue weighted by Gasteiger charge is 2.49. The molecule has 1 atom stereocenters. The molecule has 1 aromatic carbocycles. The molecule has 10 nitrogen and oxygen atoms in total. The Balaban J connectivity index is 2.18. The van der Waals surface area contributed by atoms with Crippen LogP contribution in [0.3, 0.4) is 0 Å². The molecule has 1 unspecified atom stereocenters. The molecular formula is C16H17N5O5. The molecule has 136 valence electrons. The monoisotopic (exact) mass is 359 g/mol. The quantitative estimate of drug-likeness (QED) is 0.452. The van der Waals surface area contributed by atoms with E-state index in [4.69, 9.17) is 5.26 Å². The van der Waals surface area contributed by atoms with E-state index in [1.54, 1.807) is 0 Å². The van der Waals surface area contributed by atoms with Gasteiger partial charge in [-0.1, -0.05) is 0 Å². The van der Waals surface area contributed by atoms with Crippen LogP contribution in [0.4, 0.5) is 10.5 Å². The van der Waals surface area contributed by atoms with Crippen LogP contribution in [0.5, 0.6) is 0 Å². The third-order valence-corrected chi connectivity index (χ3v) is 4.21. The fourth-order valence-electron chi connectivity index (χ4n) is 2.55. The van der Waals surface area contributed by atoms with Crippen LogP contribution in [0.15, 0.2) is 24.3 Å². The van der Waals surface area contributed by atoms with Gasteiger partial charge in [0.15, 0.2) is 0 Å². The predicted octanol–water partition coefficient (Wildman–Crippen LogP) is 0.734. The second kappa shape index (κ2) is 7.18. The number of amides is 4. The van der Waals surface area contributed by atoms with Gasteiger partial charge in [0.25, 0.3) is 11.6 Å². The van der Waals surface area contributed by atoms with Crippen molar-refractivity contribution in [1.29, 1.82) is 5.26 Å². The third kappa shape index (κ3) is 3.46. The van der Waals surface area contributed by atoms with Crippen LogP contribution in [0.1, 0.15) is 18.9 Å². The average molecular weight is 359 g/mol. The molecule has 0 bridgehead atoms. The van der Waals surface area contributed by atoms with Gasteiger partial charge in [-0.15, -0.1) is 0 Å². The van der Waals surface area contributed by atoms with Crippen LogP contribution >= 0.6 is 0 Å². The predicted molar refractivity (Wildman–Crippen MR) is 88.6 cm³/mol. The largest absolute Gasteiger partial charge is 0.343 e. The van der Waals surface area contributed by atoms with Crippen molar-refractivity contribution in [3.8, 4) is 6.07 Å². The SMILES string of the molecule is CN(CCC#N)C(=O)CN1C(=O)NC(C)(c2ccc([N+](=O)[O-])cc2)C1=O. The van der Waals surface area contributed by atoms with E-state index in [1.807, 2.05) is 6.07 Å². The van der Waals surface area contributed by atoms with Gasteiger partial charge < -0.3 is 10.2 Å². The lowest BCUT2D eigenvalue weighted by Crippen LogP contribution is -2.43. The van der Waals surface area contributed by atoms with E-state index < -0.39 is 34.9 Å². The van der Waals surface area contributed by atoms with Crippen LogP contribution in [-0.4, -0.2) is 52.7 Å². The summed E-state index contributed by atoms with van der Waals surface area (Å²) in [6.45, 7) is 1.21. The zero-order valence-electron chi connectivity index (χ0n) is 14.3. The summed E-state index contributed by atoms with van der Waals surface area (Å²) in [6.07, 6.45) is 0.142. The average Bonchev–Trinajstić information content (AvgIpc) is 2.83. The van der Waals surface area contributed by atoms with Gasteiger partial charge in [0, 0.05) is 25.7 Å². The van der Waals surface area contributed by atoms with Gasteiger partial charge in [-0.25, -0.2) is 4.79 Å². The number of carbonyl (C=O) groups is 3. The highest BCUT2D eigenvalue weighted by molar-refractivity contribution is 6.09. The van der Waals surface area contributed by atoms with E-state index in [9.17, 15) is 24.5 Å². The molecule has 10 heteroatoms. The van der Waals surface area contributed by atoms with Crippen LogP contribution in [0, 0.1) is 21.4 Å². The smallest absolute Gasteiger partial charge is 0.325 e. The van der Waals surface area contributed by atoms with Crippen molar-refractivity contribution in [1.82, 2.24) is 15.1 Å². The van der Waals surface area contributed by atoms with Crippen LogP contribution < -0.4 is 5.32 Å². The van der Waals surface area contributed by atoms with Crippen molar-refractivity contribution in [3.05, 3.63) is 39.9 Å². The molecule has 0 aromatic heterocycles. The fourth-order valence-corrected chi connectivity index (χ4v) is 2.55. The van der Waals surface area contributed by atoms with Crippen molar-refractivity contribution in [2.45, 2.75) is 18.9 Å². The maximum atomic E-state index is 12.7. The summed E-state index contributed by atoms with van der Waals surface area (Å²) in [5.41, 5.74) is -1.19. The summed E-state index contributed by atoms with van der Waals surface area (Å²) in [6, 6.07) is 6.44. The van der Waals surface area contributed by atoms with Crippen molar-refractivity contribution < 1.29 is 19.3 Å². The highest BCUT2D eigenvalue weighted by Crippen LogP contribution is 2.29. The minimum absolute atomic E-state index is 0.139. The summed E-state index contributed by atoms with van der Waals surface area (Å²) in [4.78, 5) is 49.3. The number of carbonyl (C=O) groups excluding carboxylic acids is 3. The summed E-state index contributed by atoms with van der Waals surface area (Å²) in [7, 11) is 1.48. The van der Waals surface area contributed by atoms with Gasteiger partial charge in [-0.05, 0) is 24.6 Å². The number of nitro groups is 1. The number of nitrogens with zero attached hydrogens (tertiary/aromatic N) is 4. The Bertz CT molecular complexity index is 800. The molecule has 1 N–H and O–H groups in total. The van der Waals surface area contributed by atoms with Crippen LogP contribution in [0.25, 0.3) is 0 Å². The van der Waals surface area contributed by atoms with Crippen molar-refractivity contribution in [3.63, 3.8) is 0 Å². The number of imide groups is 1. The second-order valence-electron chi connectivity index (χ2n) is 5.97. The highest BCUT2D eigenvalue weighted by atomic mass is 16.6. The first kappa shape index (κ1) is 18.9. The molecule has 1 aliphatic heterocycles. The summed E-state index contributed by atoms with van der Waals surface area (Å²) in [5, 5.41) is 21.8. The molecule has 0 radical (unpaired) electrons. The second-order valence-corrected chi connectivity index (χ2v) is 5.97. The third-order valence-electron chi connectivity index (χ3n) is 4.21. The maximum Gasteiger partial charge on any atom is 0.325 e. The molecule has 1 fully saturated rings. The standard InChI is InChI=1S/C16H17N5O5/c1-16(11-4-6-12(7-5-11)21(25)26)14(23)20(15(24)18-16)10-13(22)19(2)9-3-8-17/h4-7H,3,9-10H2,1-2H3,(H,18,24). The first-order valence-corrected chi connectivity index (χ1v) is 7.70. The first-order valence-electron chi connectivity index (χ1n) is 7.70. The van der Waals surface area contributed by atoms with Gasteiger partial charge in [-0.2, -0.15) is 5.26 Å². The number of nitriles is 1. The molecule has 1 aliphatic rings. The van der Waals surface area contributed by atoms with Crippen LogP contribution in [0.2, 0.25) is 0 Å². The van der Waals surface area contributed by atoms with Gasteiger partial charge in [0.2, 0.25) is 5.91 Å². The molecule has 4 amide bonds. The normalized spacial score (nSPS) is 19.0. The number of rotatable bonds is 6. The molecule has 0 spiro atoms. The number of non-ortho nitro benzene ring substituents is 1. The lowest BCUT2D eigenvalue weighted by molar-refractivity contribution is -0.384. The number of benzene rings is 1. The number of nitrogens with one attached hydrogen (secondary N) is 1. The first-order chi connectivity index (χ1) is 12.2. The van der Waals surface area contributed by atoms with Gasteiger partial charge >= 0.3 is 6.03 Å². The molecule has 26 heavy (non-hydrogen) atoms. The minimum Gasteiger partial charge on any atom is -0.343 e. The Hall–Kier alpha value is -3.48. The van der Waals surface area contributed by atoms with E-state index in [1.165, 1.54) is 43.1 Å². The number of nitro benzene ring substituents is 1.